The Morgan fingerprint density at radius 3 is 2.67 bits per heavy atom. The maximum absolute atomic E-state index is 5.72. The monoisotopic (exact) mass is 204 g/mol. The molecule has 2 N–H and O–H groups in total. The first-order chi connectivity index (χ1) is 7.29. The average Bonchev–Trinajstić information content (AvgIpc) is 2.61. The van der Waals surface area contributed by atoms with E-state index in [2.05, 4.69) is 42.3 Å². The third kappa shape index (κ3) is 2.58. The van der Waals surface area contributed by atoms with E-state index in [0.29, 0.717) is 12.0 Å². The molecular weight excluding hydrogens is 184 g/mol. The van der Waals surface area contributed by atoms with Crippen molar-refractivity contribution in [3.8, 4) is 0 Å². The van der Waals surface area contributed by atoms with Crippen LogP contribution in [0.25, 0.3) is 0 Å². The van der Waals surface area contributed by atoms with Crippen LogP contribution < -0.4 is 5.73 Å². The molecule has 1 aliphatic heterocycles. The highest BCUT2D eigenvalue weighted by atomic mass is 15.2. The molecule has 0 aromatic heterocycles. The van der Waals surface area contributed by atoms with E-state index in [9.17, 15) is 0 Å². The Balaban J connectivity index is 1.96. The number of nitrogens with two attached hydrogens (primary N) is 1. The van der Waals surface area contributed by atoms with Crippen molar-refractivity contribution in [2.75, 3.05) is 20.1 Å². The molecule has 0 saturated carbocycles. The van der Waals surface area contributed by atoms with Crippen LogP contribution in [-0.4, -0.2) is 31.1 Å². The summed E-state index contributed by atoms with van der Waals surface area (Å²) in [5.41, 5.74) is 7.16. The zero-order valence-electron chi connectivity index (χ0n) is 9.39. The molecule has 2 rings (SSSR count). The van der Waals surface area contributed by atoms with E-state index in [0.717, 1.165) is 19.5 Å². The summed E-state index contributed by atoms with van der Waals surface area (Å²) in [4.78, 5) is 2.45. The lowest BCUT2D eigenvalue weighted by Crippen LogP contribution is -2.27. The van der Waals surface area contributed by atoms with Gasteiger partial charge in [-0.2, -0.15) is 0 Å². The van der Waals surface area contributed by atoms with Crippen LogP contribution in [0.2, 0.25) is 0 Å². The Hall–Kier alpha value is -0.860. The number of hydrogen-bond donors (Lipinski definition) is 1. The fourth-order valence-electron chi connectivity index (χ4n) is 2.49. The summed E-state index contributed by atoms with van der Waals surface area (Å²) in [6.07, 6.45) is 2.41. The van der Waals surface area contributed by atoms with Crippen LogP contribution in [0.5, 0.6) is 0 Å². The Labute approximate surface area is 92.1 Å². The molecule has 0 aliphatic carbocycles. The van der Waals surface area contributed by atoms with Gasteiger partial charge in [0.25, 0.3) is 0 Å². The van der Waals surface area contributed by atoms with Gasteiger partial charge in [0.2, 0.25) is 0 Å². The lowest BCUT2D eigenvalue weighted by Gasteiger charge is -2.18. The molecule has 2 nitrogen and oxygen atoms in total. The number of hydrogen-bond acceptors (Lipinski definition) is 2. The molecule has 1 heterocycles. The summed E-state index contributed by atoms with van der Waals surface area (Å²) in [5, 5.41) is 0. The Bertz CT molecular complexity index is 297. The molecule has 0 amide bonds. The van der Waals surface area contributed by atoms with Gasteiger partial charge in [0.05, 0.1) is 0 Å². The molecule has 1 aliphatic rings. The topological polar surface area (TPSA) is 29.3 Å². The number of nitrogens with zero attached hydrogens (tertiary/aromatic N) is 1. The van der Waals surface area contributed by atoms with Crippen LogP contribution in [0.1, 0.15) is 12.0 Å². The van der Waals surface area contributed by atoms with E-state index >= 15 is 0 Å². The SMILES string of the molecule is CN1CC(CN)CC1Cc1ccccc1. The second-order valence-electron chi connectivity index (χ2n) is 4.62. The van der Waals surface area contributed by atoms with Gasteiger partial charge in [-0.3, -0.25) is 0 Å². The lowest BCUT2D eigenvalue weighted by molar-refractivity contribution is 0.306. The van der Waals surface area contributed by atoms with E-state index in [-0.39, 0.29) is 0 Å². The normalized spacial score (nSPS) is 27.1. The van der Waals surface area contributed by atoms with Crippen molar-refractivity contribution in [2.24, 2.45) is 11.7 Å². The summed E-state index contributed by atoms with van der Waals surface area (Å²) >= 11 is 0. The minimum atomic E-state index is 0.681. The van der Waals surface area contributed by atoms with Crippen LogP contribution in [0, 0.1) is 5.92 Å². The summed E-state index contributed by atoms with van der Waals surface area (Å²) in [6.45, 7) is 1.99. The molecule has 2 atom stereocenters. The van der Waals surface area contributed by atoms with Gasteiger partial charge in [-0.25, -0.2) is 0 Å². The van der Waals surface area contributed by atoms with E-state index in [1.165, 1.54) is 12.0 Å². The van der Waals surface area contributed by atoms with Gasteiger partial charge in [0.1, 0.15) is 0 Å². The molecule has 1 aromatic carbocycles. The Morgan fingerprint density at radius 2 is 2.07 bits per heavy atom. The molecule has 0 radical (unpaired) electrons. The number of benzene rings is 1. The van der Waals surface area contributed by atoms with Crippen molar-refractivity contribution in [3.63, 3.8) is 0 Å². The first kappa shape index (κ1) is 10.7. The molecule has 2 heteroatoms. The predicted octanol–water partition coefficient (Wildman–Crippen LogP) is 1.51. The molecule has 2 unspecified atom stereocenters. The second kappa shape index (κ2) is 4.77. The van der Waals surface area contributed by atoms with Crippen molar-refractivity contribution in [1.82, 2.24) is 4.90 Å². The first-order valence-electron chi connectivity index (χ1n) is 5.74. The quantitative estimate of drug-likeness (QED) is 0.808. The van der Waals surface area contributed by atoms with Crippen LogP contribution >= 0.6 is 0 Å². The van der Waals surface area contributed by atoms with Gasteiger partial charge >= 0.3 is 0 Å². The number of likely N-dealkylation sites (tertiary alicyclic amines) is 1. The maximum Gasteiger partial charge on any atom is 0.0136 e. The van der Waals surface area contributed by atoms with Gasteiger partial charge in [0.15, 0.2) is 0 Å². The number of likely N-dealkylation sites (N-methyl/N-ethyl adjacent to an activating group) is 1. The van der Waals surface area contributed by atoms with Gasteiger partial charge < -0.3 is 10.6 Å². The molecule has 1 saturated heterocycles. The number of rotatable bonds is 3. The summed E-state index contributed by atoms with van der Waals surface area (Å²) in [7, 11) is 2.21. The van der Waals surface area contributed by atoms with Crippen LogP contribution in [0.15, 0.2) is 30.3 Å². The zero-order chi connectivity index (χ0) is 10.7. The van der Waals surface area contributed by atoms with Crippen molar-refractivity contribution >= 4 is 0 Å². The largest absolute Gasteiger partial charge is 0.330 e. The minimum Gasteiger partial charge on any atom is -0.330 e. The van der Waals surface area contributed by atoms with Crippen LogP contribution in [0.3, 0.4) is 0 Å². The minimum absolute atomic E-state index is 0.681. The van der Waals surface area contributed by atoms with Crippen molar-refractivity contribution in [1.29, 1.82) is 0 Å². The second-order valence-corrected chi connectivity index (χ2v) is 4.62. The van der Waals surface area contributed by atoms with E-state index in [1.807, 2.05) is 0 Å². The molecule has 0 spiro atoms. The molecule has 1 fully saturated rings. The fourth-order valence-corrected chi connectivity index (χ4v) is 2.49. The standard InChI is InChI=1S/C13H20N2/c1-15-10-12(9-14)8-13(15)7-11-5-3-2-4-6-11/h2-6,12-13H,7-10,14H2,1H3. The molecule has 0 bridgehead atoms. The van der Waals surface area contributed by atoms with Crippen molar-refractivity contribution in [3.05, 3.63) is 35.9 Å². The highest BCUT2D eigenvalue weighted by Gasteiger charge is 2.28. The molecule has 82 valence electrons. The summed E-state index contributed by atoms with van der Waals surface area (Å²) in [5.74, 6) is 0.698. The smallest absolute Gasteiger partial charge is 0.0136 e. The van der Waals surface area contributed by atoms with Gasteiger partial charge in [-0.15, -0.1) is 0 Å². The Morgan fingerprint density at radius 1 is 1.33 bits per heavy atom. The summed E-state index contributed by atoms with van der Waals surface area (Å²) < 4.78 is 0. The third-order valence-electron chi connectivity index (χ3n) is 3.42. The zero-order valence-corrected chi connectivity index (χ0v) is 9.39. The first-order valence-corrected chi connectivity index (χ1v) is 5.74. The molecular formula is C13H20N2. The highest BCUT2D eigenvalue weighted by Crippen LogP contribution is 2.23. The lowest BCUT2D eigenvalue weighted by atomic mass is 10.00. The van der Waals surface area contributed by atoms with Gasteiger partial charge in [-0.05, 0) is 37.9 Å². The third-order valence-corrected chi connectivity index (χ3v) is 3.42. The predicted molar refractivity (Wildman–Crippen MR) is 63.7 cm³/mol. The average molecular weight is 204 g/mol. The van der Waals surface area contributed by atoms with Crippen LogP contribution in [-0.2, 0) is 6.42 Å². The van der Waals surface area contributed by atoms with E-state index in [1.54, 1.807) is 0 Å². The van der Waals surface area contributed by atoms with Crippen LogP contribution in [0.4, 0.5) is 0 Å². The van der Waals surface area contributed by atoms with Crippen molar-refractivity contribution in [2.45, 2.75) is 18.9 Å². The van der Waals surface area contributed by atoms with Gasteiger partial charge in [0, 0.05) is 12.6 Å². The van der Waals surface area contributed by atoms with E-state index < -0.39 is 0 Å². The summed E-state index contributed by atoms with van der Waals surface area (Å²) in [6, 6.07) is 11.4. The highest BCUT2D eigenvalue weighted by molar-refractivity contribution is 5.16. The molecule has 1 aromatic rings. The van der Waals surface area contributed by atoms with Gasteiger partial charge in [-0.1, -0.05) is 30.3 Å². The maximum atomic E-state index is 5.72. The fraction of sp³-hybridized carbons (Fsp3) is 0.538. The van der Waals surface area contributed by atoms with E-state index in [4.69, 9.17) is 5.73 Å². The molecule has 15 heavy (non-hydrogen) atoms. The Kier molecular flexibility index (Phi) is 3.39. The van der Waals surface area contributed by atoms with Crippen molar-refractivity contribution < 1.29 is 0 Å².